The topological polar surface area (TPSA) is 84.7 Å². The lowest BCUT2D eigenvalue weighted by molar-refractivity contribution is 0.0947. The zero-order valence-electron chi connectivity index (χ0n) is 12.5. The van der Waals surface area contributed by atoms with Crippen molar-refractivity contribution < 1.29 is 4.79 Å². The van der Waals surface area contributed by atoms with Gasteiger partial charge in [0.1, 0.15) is 5.82 Å². The number of nitrogens with one attached hydrogen (secondary N) is 2. The molecule has 2 aromatic rings. The molecule has 0 aliphatic rings. The number of hydrogen-bond donors (Lipinski definition) is 2. The molecule has 0 atom stereocenters. The van der Waals surface area contributed by atoms with Gasteiger partial charge >= 0.3 is 0 Å². The molecule has 2 N–H and O–H groups in total. The van der Waals surface area contributed by atoms with Gasteiger partial charge in [-0.05, 0) is 6.07 Å². The van der Waals surface area contributed by atoms with E-state index in [0.29, 0.717) is 30.3 Å². The highest BCUT2D eigenvalue weighted by Crippen LogP contribution is 2.15. The molecule has 0 aliphatic heterocycles. The number of nitrogens with zero attached hydrogens (tertiary/aromatic N) is 4. The predicted octanol–water partition coefficient (Wildman–Crippen LogP) is 1.27. The summed E-state index contributed by atoms with van der Waals surface area (Å²) >= 11 is 0. The molecular weight excluding hydrogens is 268 g/mol. The van der Waals surface area contributed by atoms with Crippen molar-refractivity contribution in [2.75, 3.05) is 18.9 Å². The van der Waals surface area contributed by atoms with Crippen molar-refractivity contribution in [3.8, 4) is 0 Å². The van der Waals surface area contributed by atoms with Gasteiger partial charge in [-0.3, -0.25) is 9.48 Å². The third-order valence-corrected chi connectivity index (χ3v) is 2.99. The van der Waals surface area contributed by atoms with E-state index in [0.717, 1.165) is 0 Å². The highest BCUT2D eigenvalue weighted by Gasteiger charge is 2.15. The fraction of sp³-hybridized carbons (Fsp3) is 0.429. The first-order chi connectivity index (χ1) is 10.1. The van der Waals surface area contributed by atoms with E-state index in [2.05, 4.69) is 25.7 Å². The van der Waals surface area contributed by atoms with E-state index >= 15 is 0 Å². The standard InChI is InChI=1S/C14H20N6O/c1-10(2)13-17-9-11(15-3)12(19-13)14(21)16-6-8-20-7-4-5-18-20/h4-5,7,9-10,15H,6,8H2,1-3H3,(H,16,21). The van der Waals surface area contributed by atoms with Crippen LogP contribution in [0.25, 0.3) is 0 Å². The summed E-state index contributed by atoms with van der Waals surface area (Å²) in [7, 11) is 1.74. The average Bonchev–Trinajstić information content (AvgIpc) is 2.99. The van der Waals surface area contributed by atoms with E-state index in [9.17, 15) is 4.79 Å². The van der Waals surface area contributed by atoms with E-state index in [-0.39, 0.29) is 11.8 Å². The van der Waals surface area contributed by atoms with Crippen LogP contribution in [0.2, 0.25) is 0 Å². The SMILES string of the molecule is CNc1cnc(C(C)C)nc1C(=O)NCCn1cccn1. The van der Waals surface area contributed by atoms with Gasteiger partial charge in [0.05, 0.1) is 18.4 Å². The maximum atomic E-state index is 12.3. The number of amides is 1. The Morgan fingerprint density at radius 1 is 1.43 bits per heavy atom. The molecule has 0 radical (unpaired) electrons. The lowest BCUT2D eigenvalue weighted by Gasteiger charge is -2.11. The summed E-state index contributed by atoms with van der Waals surface area (Å²) < 4.78 is 1.76. The largest absolute Gasteiger partial charge is 0.385 e. The van der Waals surface area contributed by atoms with Crippen molar-refractivity contribution in [1.29, 1.82) is 0 Å². The van der Waals surface area contributed by atoms with Crippen molar-refractivity contribution in [1.82, 2.24) is 25.1 Å². The minimum atomic E-state index is -0.212. The molecule has 0 bridgehead atoms. The lowest BCUT2D eigenvalue weighted by Crippen LogP contribution is -2.29. The number of carbonyl (C=O) groups excluding carboxylic acids is 1. The Morgan fingerprint density at radius 3 is 2.86 bits per heavy atom. The summed E-state index contributed by atoms with van der Waals surface area (Å²) in [5.74, 6) is 0.619. The van der Waals surface area contributed by atoms with Crippen molar-refractivity contribution >= 4 is 11.6 Å². The normalized spacial score (nSPS) is 10.7. The maximum absolute atomic E-state index is 12.3. The summed E-state index contributed by atoms with van der Waals surface area (Å²) in [5, 5.41) is 9.88. The van der Waals surface area contributed by atoms with Crippen LogP contribution in [0, 0.1) is 0 Å². The molecule has 21 heavy (non-hydrogen) atoms. The monoisotopic (exact) mass is 288 g/mol. The van der Waals surface area contributed by atoms with Gasteiger partial charge in [0.25, 0.3) is 5.91 Å². The van der Waals surface area contributed by atoms with E-state index in [1.165, 1.54) is 0 Å². The number of hydrogen-bond acceptors (Lipinski definition) is 5. The molecule has 0 aromatic carbocycles. The van der Waals surface area contributed by atoms with Crippen LogP contribution in [0.3, 0.4) is 0 Å². The van der Waals surface area contributed by atoms with Crippen LogP contribution >= 0.6 is 0 Å². The smallest absolute Gasteiger partial charge is 0.272 e. The first-order valence-corrected chi connectivity index (χ1v) is 6.92. The highest BCUT2D eigenvalue weighted by atomic mass is 16.1. The van der Waals surface area contributed by atoms with Crippen molar-refractivity contribution in [3.05, 3.63) is 36.2 Å². The molecule has 7 nitrogen and oxygen atoms in total. The van der Waals surface area contributed by atoms with Crippen LogP contribution in [0.4, 0.5) is 5.69 Å². The van der Waals surface area contributed by atoms with E-state index < -0.39 is 0 Å². The van der Waals surface area contributed by atoms with Crippen LogP contribution < -0.4 is 10.6 Å². The molecule has 2 aromatic heterocycles. The van der Waals surface area contributed by atoms with Gasteiger partial charge in [0.15, 0.2) is 5.69 Å². The third-order valence-electron chi connectivity index (χ3n) is 2.99. The Balaban J connectivity index is 2.04. The lowest BCUT2D eigenvalue weighted by atomic mass is 10.2. The van der Waals surface area contributed by atoms with Crippen LogP contribution in [0.15, 0.2) is 24.7 Å². The maximum Gasteiger partial charge on any atom is 0.272 e. The first-order valence-electron chi connectivity index (χ1n) is 6.92. The predicted molar refractivity (Wildman–Crippen MR) is 80.2 cm³/mol. The number of anilines is 1. The summed E-state index contributed by atoms with van der Waals surface area (Å²) in [6.45, 7) is 5.10. The molecule has 0 spiro atoms. The summed E-state index contributed by atoms with van der Waals surface area (Å²) in [4.78, 5) is 20.9. The molecule has 0 aliphatic carbocycles. The quantitative estimate of drug-likeness (QED) is 0.836. The second kappa shape index (κ2) is 6.83. The zero-order chi connectivity index (χ0) is 15.2. The van der Waals surface area contributed by atoms with Gasteiger partial charge < -0.3 is 10.6 Å². The fourth-order valence-corrected chi connectivity index (χ4v) is 1.83. The van der Waals surface area contributed by atoms with E-state index in [1.54, 1.807) is 24.1 Å². The van der Waals surface area contributed by atoms with Gasteiger partial charge in [0, 0.05) is 31.9 Å². The minimum absolute atomic E-state index is 0.173. The molecule has 2 rings (SSSR count). The second-order valence-electron chi connectivity index (χ2n) is 4.92. The third kappa shape index (κ3) is 3.77. The van der Waals surface area contributed by atoms with Crippen LogP contribution in [-0.2, 0) is 6.54 Å². The van der Waals surface area contributed by atoms with Crippen molar-refractivity contribution in [3.63, 3.8) is 0 Å². The highest BCUT2D eigenvalue weighted by molar-refractivity contribution is 5.97. The first kappa shape index (κ1) is 15.0. The van der Waals surface area contributed by atoms with Crippen LogP contribution in [0.5, 0.6) is 0 Å². The Morgan fingerprint density at radius 2 is 2.24 bits per heavy atom. The molecule has 0 unspecified atom stereocenters. The molecule has 112 valence electrons. The molecule has 2 heterocycles. The Bertz CT molecular complexity index is 594. The van der Waals surface area contributed by atoms with Gasteiger partial charge in [-0.2, -0.15) is 5.10 Å². The van der Waals surface area contributed by atoms with Gasteiger partial charge in [-0.25, -0.2) is 9.97 Å². The molecule has 0 fully saturated rings. The number of rotatable bonds is 6. The summed E-state index contributed by atoms with van der Waals surface area (Å²) in [6.07, 6.45) is 5.21. The molecule has 0 saturated heterocycles. The minimum Gasteiger partial charge on any atom is -0.385 e. The van der Waals surface area contributed by atoms with E-state index in [4.69, 9.17) is 0 Å². The molecule has 0 saturated carbocycles. The van der Waals surface area contributed by atoms with Gasteiger partial charge in [-0.1, -0.05) is 13.8 Å². The Hall–Kier alpha value is -2.44. The number of aromatic nitrogens is 4. The van der Waals surface area contributed by atoms with Gasteiger partial charge in [-0.15, -0.1) is 0 Å². The van der Waals surface area contributed by atoms with Crippen molar-refractivity contribution in [2.24, 2.45) is 0 Å². The number of carbonyl (C=O) groups is 1. The van der Waals surface area contributed by atoms with Crippen molar-refractivity contribution in [2.45, 2.75) is 26.3 Å². The zero-order valence-corrected chi connectivity index (χ0v) is 12.5. The van der Waals surface area contributed by atoms with Crippen LogP contribution in [-0.4, -0.2) is 39.2 Å². The molecule has 1 amide bonds. The Labute approximate surface area is 123 Å². The molecule has 7 heteroatoms. The van der Waals surface area contributed by atoms with E-state index in [1.807, 2.05) is 26.1 Å². The Kier molecular flexibility index (Phi) is 4.86. The van der Waals surface area contributed by atoms with Gasteiger partial charge in [0.2, 0.25) is 0 Å². The van der Waals surface area contributed by atoms with Crippen LogP contribution in [0.1, 0.15) is 36.1 Å². The fourth-order valence-electron chi connectivity index (χ4n) is 1.83. The average molecular weight is 288 g/mol. The summed E-state index contributed by atoms with van der Waals surface area (Å²) in [6, 6.07) is 1.85. The summed E-state index contributed by atoms with van der Waals surface area (Å²) in [5.41, 5.74) is 0.993. The second-order valence-corrected chi connectivity index (χ2v) is 4.92. The molecular formula is C14H20N6O.